The van der Waals surface area contributed by atoms with E-state index in [4.69, 9.17) is 0 Å². The van der Waals surface area contributed by atoms with Crippen LogP contribution in [0.2, 0.25) is 0 Å². The maximum absolute atomic E-state index is 12.2. The number of thioether (sulfide) groups is 1. The van der Waals surface area contributed by atoms with Crippen molar-refractivity contribution in [3.63, 3.8) is 0 Å². The fourth-order valence-electron chi connectivity index (χ4n) is 2.04. The number of carbonyl (C=O) groups is 1. The summed E-state index contributed by atoms with van der Waals surface area (Å²) in [4.78, 5) is 12.2. The second-order valence-corrected chi connectivity index (χ2v) is 5.55. The molecule has 19 heavy (non-hydrogen) atoms. The van der Waals surface area contributed by atoms with Gasteiger partial charge in [-0.05, 0) is 25.5 Å². The number of hydrogen-bond donors (Lipinski definition) is 1. The maximum Gasteiger partial charge on any atom is 0.258 e. The number of rotatable bonds is 2. The third-order valence-corrected chi connectivity index (χ3v) is 4.03. The molecule has 0 bridgehead atoms. The van der Waals surface area contributed by atoms with Crippen molar-refractivity contribution >= 4 is 23.6 Å². The van der Waals surface area contributed by atoms with E-state index in [1.54, 1.807) is 17.8 Å². The number of hydrogen-bond acceptors (Lipinski definition) is 4. The molecule has 0 saturated carbocycles. The summed E-state index contributed by atoms with van der Waals surface area (Å²) in [5, 5.41) is 11.8. The molecule has 1 aromatic carbocycles. The number of fused-ring (bicyclic) bond motifs is 1. The molecule has 2 aromatic rings. The SMILES string of the molecule is Cc1cccc(C(=O)Nc2nnc3n2CCCS3)c1. The molecule has 0 saturated heterocycles. The summed E-state index contributed by atoms with van der Waals surface area (Å²) >= 11 is 1.67. The van der Waals surface area contributed by atoms with Crippen molar-refractivity contribution in [1.29, 1.82) is 0 Å². The lowest BCUT2D eigenvalue weighted by atomic mass is 10.1. The average molecular weight is 274 g/mol. The van der Waals surface area contributed by atoms with Crippen LogP contribution in [0.3, 0.4) is 0 Å². The first-order valence-electron chi connectivity index (χ1n) is 6.18. The van der Waals surface area contributed by atoms with Crippen molar-refractivity contribution in [3.05, 3.63) is 35.4 Å². The number of aryl methyl sites for hydroxylation is 1. The Labute approximate surface area is 115 Å². The van der Waals surface area contributed by atoms with E-state index in [-0.39, 0.29) is 5.91 Å². The molecule has 0 fully saturated rings. The third kappa shape index (κ3) is 2.49. The molecule has 0 atom stereocenters. The van der Waals surface area contributed by atoms with Gasteiger partial charge in [-0.15, -0.1) is 10.2 Å². The van der Waals surface area contributed by atoms with Gasteiger partial charge in [-0.3, -0.25) is 14.7 Å². The predicted octanol–water partition coefficient (Wildman–Crippen LogP) is 2.33. The molecule has 3 rings (SSSR count). The first kappa shape index (κ1) is 12.2. The zero-order chi connectivity index (χ0) is 13.2. The molecule has 0 aliphatic carbocycles. The number of aromatic nitrogens is 3. The van der Waals surface area contributed by atoms with Gasteiger partial charge in [-0.2, -0.15) is 0 Å². The number of benzene rings is 1. The summed E-state index contributed by atoms with van der Waals surface area (Å²) in [7, 11) is 0. The Hall–Kier alpha value is -1.82. The number of nitrogens with zero attached hydrogens (tertiary/aromatic N) is 3. The Morgan fingerprint density at radius 1 is 1.42 bits per heavy atom. The van der Waals surface area contributed by atoms with E-state index >= 15 is 0 Å². The quantitative estimate of drug-likeness (QED) is 0.913. The van der Waals surface area contributed by atoms with Crippen LogP contribution < -0.4 is 5.32 Å². The van der Waals surface area contributed by atoms with Crippen molar-refractivity contribution in [2.24, 2.45) is 0 Å². The van der Waals surface area contributed by atoms with E-state index < -0.39 is 0 Å². The number of nitrogens with one attached hydrogen (secondary N) is 1. The van der Waals surface area contributed by atoms with Crippen molar-refractivity contribution in [3.8, 4) is 0 Å². The van der Waals surface area contributed by atoms with Crippen molar-refractivity contribution in [2.45, 2.75) is 25.0 Å². The van der Waals surface area contributed by atoms with Gasteiger partial charge in [0.1, 0.15) is 0 Å². The molecule has 6 heteroatoms. The Morgan fingerprint density at radius 2 is 2.32 bits per heavy atom. The lowest BCUT2D eigenvalue weighted by molar-refractivity contribution is 0.102. The van der Waals surface area contributed by atoms with Crippen LogP contribution in [-0.4, -0.2) is 26.4 Å². The van der Waals surface area contributed by atoms with Gasteiger partial charge in [0.15, 0.2) is 5.16 Å². The highest BCUT2D eigenvalue weighted by Crippen LogP contribution is 2.25. The zero-order valence-electron chi connectivity index (χ0n) is 10.6. The molecule has 5 nitrogen and oxygen atoms in total. The molecule has 1 aliphatic rings. The third-order valence-electron chi connectivity index (χ3n) is 2.98. The standard InChI is InChI=1S/C13H14N4OS/c1-9-4-2-5-10(8-9)11(18)14-12-15-16-13-17(12)6-3-7-19-13/h2,4-5,8H,3,6-7H2,1H3,(H,14,15,18). The molecular weight excluding hydrogens is 260 g/mol. The van der Waals surface area contributed by atoms with E-state index in [1.165, 1.54) is 0 Å². The van der Waals surface area contributed by atoms with E-state index in [0.29, 0.717) is 11.5 Å². The van der Waals surface area contributed by atoms with Crippen LogP contribution in [0.5, 0.6) is 0 Å². The van der Waals surface area contributed by atoms with Crippen LogP contribution in [0.15, 0.2) is 29.4 Å². The molecule has 1 N–H and O–H groups in total. The first-order chi connectivity index (χ1) is 9.24. The Morgan fingerprint density at radius 3 is 3.16 bits per heavy atom. The van der Waals surface area contributed by atoms with Crippen LogP contribution in [0.25, 0.3) is 0 Å². The van der Waals surface area contributed by atoms with Gasteiger partial charge in [0.05, 0.1) is 0 Å². The summed E-state index contributed by atoms with van der Waals surface area (Å²) in [6.45, 7) is 2.82. The molecule has 2 heterocycles. The van der Waals surface area contributed by atoms with Gasteiger partial charge in [0.2, 0.25) is 5.95 Å². The molecule has 0 spiro atoms. The lowest BCUT2D eigenvalue weighted by Crippen LogP contribution is -2.17. The average Bonchev–Trinajstić information content (AvgIpc) is 2.82. The summed E-state index contributed by atoms with van der Waals surface area (Å²) in [6, 6.07) is 7.49. The predicted molar refractivity (Wildman–Crippen MR) is 74.5 cm³/mol. The second kappa shape index (κ2) is 5.05. The first-order valence-corrected chi connectivity index (χ1v) is 7.16. The van der Waals surface area contributed by atoms with Crippen molar-refractivity contribution < 1.29 is 4.79 Å². The van der Waals surface area contributed by atoms with Gasteiger partial charge < -0.3 is 0 Å². The summed E-state index contributed by atoms with van der Waals surface area (Å²) in [6.07, 6.45) is 1.07. The number of carbonyl (C=O) groups excluding carboxylic acids is 1. The fraction of sp³-hybridized carbons (Fsp3) is 0.308. The molecule has 1 aliphatic heterocycles. The summed E-state index contributed by atoms with van der Waals surface area (Å²) in [5.74, 6) is 1.45. The maximum atomic E-state index is 12.2. The Bertz CT molecular complexity index is 623. The molecule has 0 unspecified atom stereocenters. The van der Waals surface area contributed by atoms with E-state index in [1.807, 2.05) is 29.7 Å². The van der Waals surface area contributed by atoms with Gasteiger partial charge in [0, 0.05) is 17.9 Å². The molecule has 98 valence electrons. The topological polar surface area (TPSA) is 59.8 Å². The van der Waals surface area contributed by atoms with E-state index in [9.17, 15) is 4.79 Å². The fourth-order valence-corrected chi connectivity index (χ4v) is 2.92. The highest BCUT2D eigenvalue weighted by atomic mass is 32.2. The summed E-state index contributed by atoms with van der Waals surface area (Å²) < 4.78 is 1.96. The largest absolute Gasteiger partial charge is 0.290 e. The highest BCUT2D eigenvalue weighted by Gasteiger charge is 2.18. The van der Waals surface area contributed by atoms with Gasteiger partial charge in [-0.25, -0.2) is 0 Å². The van der Waals surface area contributed by atoms with Crippen LogP contribution >= 0.6 is 11.8 Å². The van der Waals surface area contributed by atoms with Crippen molar-refractivity contribution in [1.82, 2.24) is 14.8 Å². The normalized spacial score (nSPS) is 13.9. The minimum Gasteiger partial charge on any atom is -0.290 e. The number of amides is 1. The molecule has 1 aromatic heterocycles. The minimum absolute atomic E-state index is 0.144. The minimum atomic E-state index is -0.144. The van der Waals surface area contributed by atoms with E-state index in [0.717, 1.165) is 29.4 Å². The van der Waals surface area contributed by atoms with Crippen LogP contribution in [0.1, 0.15) is 22.3 Å². The van der Waals surface area contributed by atoms with Crippen LogP contribution in [0.4, 0.5) is 5.95 Å². The Balaban J connectivity index is 1.82. The zero-order valence-corrected chi connectivity index (χ0v) is 11.4. The monoisotopic (exact) mass is 274 g/mol. The highest BCUT2D eigenvalue weighted by molar-refractivity contribution is 7.99. The lowest BCUT2D eigenvalue weighted by Gasteiger charge is -2.14. The van der Waals surface area contributed by atoms with Crippen LogP contribution in [-0.2, 0) is 6.54 Å². The summed E-state index contributed by atoms with van der Waals surface area (Å²) in [5.41, 5.74) is 1.70. The molecular formula is C13H14N4OS. The number of anilines is 1. The molecule has 0 radical (unpaired) electrons. The Kier molecular flexibility index (Phi) is 3.25. The van der Waals surface area contributed by atoms with Crippen LogP contribution in [0, 0.1) is 6.92 Å². The second-order valence-electron chi connectivity index (χ2n) is 4.48. The van der Waals surface area contributed by atoms with Crippen molar-refractivity contribution in [2.75, 3.05) is 11.1 Å². The smallest absolute Gasteiger partial charge is 0.258 e. The molecule has 1 amide bonds. The van der Waals surface area contributed by atoms with Gasteiger partial charge in [0.25, 0.3) is 5.91 Å². The van der Waals surface area contributed by atoms with E-state index in [2.05, 4.69) is 15.5 Å². The van der Waals surface area contributed by atoms with Gasteiger partial charge in [-0.1, -0.05) is 29.5 Å². The van der Waals surface area contributed by atoms with Gasteiger partial charge >= 0.3 is 0 Å².